The number of ether oxygens (including phenoxy) is 4. The first-order valence-corrected chi connectivity index (χ1v) is 16.5. The molecule has 0 spiro atoms. The number of fused-ring (bicyclic) bond motifs is 2. The number of carboxylic acid groups (broad SMARTS) is 2. The van der Waals surface area contributed by atoms with Crippen molar-refractivity contribution in [2.75, 3.05) is 27.4 Å². The number of hydrogen-bond donors (Lipinski definition) is 2. The molecular formula is C33H32F2O10S2. The van der Waals surface area contributed by atoms with E-state index in [-0.39, 0.29) is 76.3 Å². The monoisotopic (exact) mass is 690 g/mol. The van der Waals surface area contributed by atoms with Crippen LogP contribution in [0.1, 0.15) is 64.3 Å². The number of methoxy groups -OCH3 is 2. The molecule has 1 saturated carbocycles. The SMILES string of the molecule is COc1cc2sc(C(=O)CCC(=O)O)cc2c(F)c1OCCCCCOc1c(OC)cc2sc(C(=O)[C@@H]3CC[C@H]3C(=O)O)cc2c1F. The number of unbranched alkanes of at least 4 members (excludes halogenated alkanes) is 2. The molecule has 1 aliphatic rings. The van der Waals surface area contributed by atoms with Crippen LogP contribution in [0.3, 0.4) is 0 Å². The van der Waals surface area contributed by atoms with E-state index < -0.39 is 35.4 Å². The second kappa shape index (κ2) is 14.6. The average Bonchev–Trinajstić information content (AvgIpc) is 3.65. The van der Waals surface area contributed by atoms with Crippen molar-refractivity contribution < 1.29 is 57.1 Å². The van der Waals surface area contributed by atoms with Crippen LogP contribution >= 0.6 is 22.7 Å². The molecule has 0 saturated heterocycles. The minimum absolute atomic E-state index is 0.0863. The summed E-state index contributed by atoms with van der Waals surface area (Å²) in [5.74, 6) is -5.30. The lowest BCUT2D eigenvalue weighted by molar-refractivity contribution is -0.146. The van der Waals surface area contributed by atoms with Gasteiger partial charge in [0.2, 0.25) is 0 Å². The maximum Gasteiger partial charge on any atom is 0.307 e. The molecule has 250 valence electrons. The molecule has 2 heterocycles. The molecular weight excluding hydrogens is 658 g/mol. The zero-order chi connectivity index (χ0) is 33.8. The number of benzene rings is 2. The second-order valence-corrected chi connectivity index (χ2v) is 13.2. The zero-order valence-electron chi connectivity index (χ0n) is 25.6. The molecule has 14 heteroatoms. The summed E-state index contributed by atoms with van der Waals surface area (Å²) in [7, 11) is 2.76. The Hall–Kier alpha value is -4.30. The van der Waals surface area contributed by atoms with Crippen LogP contribution in [0, 0.1) is 23.5 Å². The summed E-state index contributed by atoms with van der Waals surface area (Å²) in [4.78, 5) is 48.0. The van der Waals surface area contributed by atoms with Gasteiger partial charge in [0.15, 0.2) is 46.2 Å². The highest BCUT2D eigenvalue weighted by Gasteiger charge is 2.42. The van der Waals surface area contributed by atoms with Crippen LogP contribution in [0.5, 0.6) is 23.0 Å². The summed E-state index contributed by atoms with van der Waals surface area (Å²) in [6.45, 7) is 0.292. The van der Waals surface area contributed by atoms with Gasteiger partial charge in [0.25, 0.3) is 0 Å². The number of carbonyl (C=O) groups is 4. The van der Waals surface area contributed by atoms with E-state index in [0.29, 0.717) is 46.4 Å². The van der Waals surface area contributed by atoms with E-state index in [1.165, 1.54) is 26.4 Å². The van der Waals surface area contributed by atoms with Crippen LogP contribution in [-0.2, 0) is 9.59 Å². The highest BCUT2D eigenvalue weighted by Crippen LogP contribution is 2.44. The van der Waals surface area contributed by atoms with E-state index >= 15 is 8.78 Å². The summed E-state index contributed by atoms with van der Waals surface area (Å²) in [6.07, 6.45) is 2.06. The van der Waals surface area contributed by atoms with Crippen LogP contribution in [0.4, 0.5) is 8.78 Å². The maximum absolute atomic E-state index is 15.5. The molecule has 2 aromatic carbocycles. The predicted octanol–water partition coefficient (Wildman–Crippen LogP) is 7.38. The summed E-state index contributed by atoms with van der Waals surface area (Å²) in [5, 5.41) is 18.5. The number of carbonyl (C=O) groups excluding carboxylic acids is 2. The normalized spacial score (nSPS) is 15.7. The van der Waals surface area contributed by atoms with E-state index in [1.54, 1.807) is 12.1 Å². The van der Waals surface area contributed by atoms with Crippen LogP contribution in [-0.4, -0.2) is 61.2 Å². The van der Waals surface area contributed by atoms with E-state index in [2.05, 4.69) is 0 Å². The molecule has 0 bridgehead atoms. The first-order chi connectivity index (χ1) is 22.5. The van der Waals surface area contributed by atoms with E-state index in [9.17, 15) is 24.3 Å². The van der Waals surface area contributed by atoms with Gasteiger partial charge in [-0.1, -0.05) is 0 Å². The number of aliphatic carboxylic acids is 2. The predicted molar refractivity (Wildman–Crippen MR) is 171 cm³/mol. The summed E-state index contributed by atoms with van der Waals surface area (Å²) in [5.41, 5.74) is 0. The Bertz CT molecular complexity index is 1850. The van der Waals surface area contributed by atoms with Crippen LogP contribution < -0.4 is 18.9 Å². The number of halogens is 2. The summed E-state index contributed by atoms with van der Waals surface area (Å²) >= 11 is 2.15. The molecule has 1 fully saturated rings. The minimum Gasteiger partial charge on any atom is -0.493 e. The second-order valence-electron chi connectivity index (χ2n) is 11.1. The first-order valence-electron chi connectivity index (χ1n) is 14.9. The molecule has 2 N–H and O–H groups in total. The third-order valence-electron chi connectivity index (χ3n) is 8.10. The van der Waals surface area contributed by atoms with Gasteiger partial charge >= 0.3 is 11.9 Å². The lowest BCUT2D eigenvalue weighted by Gasteiger charge is -2.31. The minimum atomic E-state index is -1.09. The van der Waals surface area contributed by atoms with Crippen molar-refractivity contribution >= 4 is 66.4 Å². The van der Waals surface area contributed by atoms with E-state index in [0.717, 1.165) is 22.7 Å². The summed E-state index contributed by atoms with van der Waals surface area (Å²) in [6, 6.07) is 6.01. The van der Waals surface area contributed by atoms with Gasteiger partial charge in [0.05, 0.1) is 49.5 Å². The van der Waals surface area contributed by atoms with E-state index in [4.69, 9.17) is 24.1 Å². The molecule has 2 atom stereocenters. The van der Waals surface area contributed by atoms with Crippen LogP contribution in [0.15, 0.2) is 24.3 Å². The molecule has 47 heavy (non-hydrogen) atoms. The van der Waals surface area contributed by atoms with Crippen molar-refractivity contribution in [1.82, 2.24) is 0 Å². The zero-order valence-corrected chi connectivity index (χ0v) is 27.2. The first kappa shape index (κ1) is 34.0. The molecule has 0 aliphatic heterocycles. The van der Waals surface area contributed by atoms with Crippen molar-refractivity contribution in [3.8, 4) is 23.0 Å². The Kier molecular flexibility index (Phi) is 10.6. The van der Waals surface area contributed by atoms with Gasteiger partial charge in [0, 0.05) is 44.6 Å². The van der Waals surface area contributed by atoms with Gasteiger partial charge < -0.3 is 29.2 Å². The Morgan fingerprint density at radius 1 is 0.745 bits per heavy atom. The molecule has 0 amide bonds. The third-order valence-corrected chi connectivity index (χ3v) is 10.3. The van der Waals surface area contributed by atoms with E-state index in [1.807, 2.05) is 0 Å². The molecule has 5 rings (SSSR count). The van der Waals surface area contributed by atoms with Gasteiger partial charge in [-0.25, -0.2) is 8.78 Å². The Balaban J connectivity index is 1.16. The number of carboxylic acids is 2. The molecule has 4 aromatic rings. The van der Waals surface area contributed by atoms with Crippen LogP contribution in [0.2, 0.25) is 0 Å². The smallest absolute Gasteiger partial charge is 0.307 e. The van der Waals surface area contributed by atoms with Gasteiger partial charge in [0.1, 0.15) is 0 Å². The maximum atomic E-state index is 15.5. The highest BCUT2D eigenvalue weighted by molar-refractivity contribution is 7.21. The van der Waals surface area contributed by atoms with Gasteiger partial charge in [-0.3, -0.25) is 19.2 Å². The highest BCUT2D eigenvalue weighted by atomic mass is 32.1. The topological polar surface area (TPSA) is 146 Å². The third kappa shape index (κ3) is 7.18. The molecule has 1 aliphatic carbocycles. The number of hydrogen-bond acceptors (Lipinski definition) is 10. The van der Waals surface area contributed by atoms with Crippen molar-refractivity contribution in [1.29, 1.82) is 0 Å². The Labute approximate surface area is 275 Å². The van der Waals surface area contributed by atoms with Crippen molar-refractivity contribution in [3.05, 3.63) is 45.7 Å². The largest absolute Gasteiger partial charge is 0.493 e. The van der Waals surface area contributed by atoms with Gasteiger partial charge in [-0.05, 0) is 44.2 Å². The fraction of sp³-hybridized carbons (Fsp3) is 0.394. The van der Waals surface area contributed by atoms with Crippen molar-refractivity contribution in [2.45, 2.75) is 44.9 Å². The fourth-order valence-electron chi connectivity index (χ4n) is 5.39. The number of thiophene rings is 2. The van der Waals surface area contributed by atoms with Gasteiger partial charge in [-0.2, -0.15) is 0 Å². The lowest BCUT2D eigenvalue weighted by Crippen LogP contribution is -2.37. The molecule has 0 radical (unpaired) electrons. The standard InChI is InChI=1S/C33H32F2O10S2/c1-42-21-14-23-18(12-25(46-23)20(36)8-9-27(37)38)28(34)31(21)44-10-4-3-5-11-45-32-22(43-2)15-24-19(29(32)35)13-26(47-24)30(39)16-6-7-17(16)33(40)41/h12-17H,3-11H2,1-2H3,(H,37,38)(H,40,41)/t16-,17-/m1/s1. The molecule has 0 unspecified atom stereocenters. The Morgan fingerprint density at radius 2 is 1.26 bits per heavy atom. The lowest BCUT2D eigenvalue weighted by atomic mass is 9.71. The molecule has 10 nitrogen and oxygen atoms in total. The number of rotatable bonds is 17. The molecule has 2 aromatic heterocycles. The van der Waals surface area contributed by atoms with Crippen molar-refractivity contribution in [2.24, 2.45) is 11.8 Å². The number of Topliss-reactive ketones (excluding diaryl/α,β-unsaturated/α-hetero) is 2. The average molecular weight is 691 g/mol. The van der Waals surface area contributed by atoms with Crippen LogP contribution in [0.25, 0.3) is 20.2 Å². The Morgan fingerprint density at radius 3 is 1.72 bits per heavy atom. The van der Waals surface area contributed by atoms with Gasteiger partial charge in [-0.15, -0.1) is 22.7 Å². The summed E-state index contributed by atoms with van der Waals surface area (Å²) < 4.78 is 54.0. The quantitative estimate of drug-likeness (QED) is 0.0850. The number of ketones is 2. The fourth-order valence-corrected chi connectivity index (χ4v) is 7.54. The van der Waals surface area contributed by atoms with Crippen molar-refractivity contribution in [3.63, 3.8) is 0 Å².